The van der Waals surface area contributed by atoms with Crippen LogP contribution in [0.3, 0.4) is 0 Å². The second kappa shape index (κ2) is 11.4. The Bertz CT molecular complexity index is 1030. The Morgan fingerprint density at radius 1 is 1.19 bits per heavy atom. The van der Waals surface area contributed by atoms with E-state index in [9.17, 15) is 13.2 Å². The predicted octanol–water partition coefficient (Wildman–Crippen LogP) is 4.29. The molecule has 9 heteroatoms. The van der Waals surface area contributed by atoms with Gasteiger partial charge < -0.3 is 10.1 Å². The number of aryl methyl sites for hydroxylation is 1. The molecule has 0 aliphatic carbocycles. The zero-order valence-electron chi connectivity index (χ0n) is 18.0. The number of nitrogens with zero attached hydrogens (tertiary/aromatic N) is 1. The number of sulfonamides is 1. The molecule has 1 aliphatic heterocycles. The number of hydrogen-bond donors (Lipinski definition) is 1. The van der Waals surface area contributed by atoms with Gasteiger partial charge in [0.05, 0.1) is 18.2 Å². The van der Waals surface area contributed by atoms with Crippen LogP contribution in [-0.4, -0.2) is 44.9 Å². The largest absolute Gasteiger partial charge is 0.492 e. The fraction of sp³-hybridized carbons (Fsp3) is 0.435. The zero-order valence-corrected chi connectivity index (χ0v) is 20.3. The van der Waals surface area contributed by atoms with E-state index in [0.29, 0.717) is 48.1 Å². The van der Waals surface area contributed by atoms with Crippen LogP contribution >= 0.6 is 23.2 Å². The highest BCUT2D eigenvalue weighted by atomic mass is 35.5. The first kappa shape index (κ1) is 24.8. The first-order valence-corrected chi connectivity index (χ1v) is 13.1. The van der Waals surface area contributed by atoms with Crippen LogP contribution in [0.25, 0.3) is 0 Å². The van der Waals surface area contributed by atoms with Crippen LogP contribution in [0.1, 0.15) is 30.9 Å². The SMILES string of the molecule is CCc1ccc(OCCNC(=O)[C@@H]2CCCN(S(=O)(=O)Cc3ccc(Cl)cc3Cl)C2)cc1. The second-order valence-electron chi connectivity index (χ2n) is 7.83. The number of amides is 1. The molecule has 2 aromatic carbocycles. The van der Waals surface area contributed by atoms with Crippen molar-refractivity contribution in [3.8, 4) is 5.75 Å². The van der Waals surface area contributed by atoms with Crippen molar-refractivity contribution in [3.05, 3.63) is 63.6 Å². The third-order valence-electron chi connectivity index (χ3n) is 5.50. The number of piperidine rings is 1. The van der Waals surface area contributed by atoms with E-state index < -0.39 is 10.0 Å². The Balaban J connectivity index is 1.49. The van der Waals surface area contributed by atoms with Gasteiger partial charge in [0, 0.05) is 23.1 Å². The summed E-state index contributed by atoms with van der Waals surface area (Å²) in [6.45, 7) is 3.36. The van der Waals surface area contributed by atoms with Crippen LogP contribution in [-0.2, 0) is 27.0 Å². The van der Waals surface area contributed by atoms with Gasteiger partial charge in [-0.3, -0.25) is 4.79 Å². The summed E-state index contributed by atoms with van der Waals surface area (Å²) >= 11 is 12.0. The van der Waals surface area contributed by atoms with Crippen LogP contribution in [0.2, 0.25) is 10.0 Å². The topological polar surface area (TPSA) is 75.7 Å². The van der Waals surface area contributed by atoms with Gasteiger partial charge in [-0.2, -0.15) is 0 Å². The van der Waals surface area contributed by atoms with Crippen LogP contribution < -0.4 is 10.1 Å². The van der Waals surface area contributed by atoms with Gasteiger partial charge >= 0.3 is 0 Å². The van der Waals surface area contributed by atoms with Gasteiger partial charge in [0.25, 0.3) is 0 Å². The van der Waals surface area contributed by atoms with Crippen LogP contribution in [0, 0.1) is 5.92 Å². The number of nitrogens with one attached hydrogen (secondary N) is 1. The Hall–Kier alpha value is -1.80. The lowest BCUT2D eigenvalue weighted by molar-refractivity contribution is -0.126. The van der Waals surface area contributed by atoms with Gasteiger partial charge in [-0.25, -0.2) is 12.7 Å². The van der Waals surface area contributed by atoms with Crippen LogP contribution in [0.5, 0.6) is 5.75 Å². The number of benzene rings is 2. The fourth-order valence-electron chi connectivity index (χ4n) is 3.64. The molecule has 0 unspecified atom stereocenters. The van der Waals surface area contributed by atoms with Crippen molar-refractivity contribution in [3.63, 3.8) is 0 Å². The third kappa shape index (κ3) is 6.85. The summed E-state index contributed by atoms with van der Waals surface area (Å²) in [6.07, 6.45) is 2.25. The molecule has 1 fully saturated rings. The average molecular weight is 499 g/mol. The number of rotatable bonds is 9. The summed E-state index contributed by atoms with van der Waals surface area (Å²) in [5.41, 5.74) is 1.73. The summed E-state index contributed by atoms with van der Waals surface area (Å²) in [7, 11) is -3.60. The van der Waals surface area contributed by atoms with Gasteiger partial charge in [0.1, 0.15) is 12.4 Å². The maximum absolute atomic E-state index is 12.9. The van der Waals surface area contributed by atoms with E-state index in [4.69, 9.17) is 27.9 Å². The smallest absolute Gasteiger partial charge is 0.224 e. The molecule has 0 radical (unpaired) electrons. The minimum atomic E-state index is -3.60. The van der Waals surface area contributed by atoms with E-state index >= 15 is 0 Å². The summed E-state index contributed by atoms with van der Waals surface area (Å²) in [6, 6.07) is 12.6. The van der Waals surface area contributed by atoms with Crippen LogP contribution in [0.4, 0.5) is 0 Å². The van der Waals surface area contributed by atoms with Crippen molar-refractivity contribution >= 4 is 39.1 Å². The van der Waals surface area contributed by atoms with Gasteiger partial charge in [-0.15, -0.1) is 0 Å². The summed E-state index contributed by atoms with van der Waals surface area (Å²) in [5, 5.41) is 3.63. The molecular formula is C23H28Cl2N2O4S. The molecule has 1 amide bonds. The van der Waals surface area contributed by atoms with E-state index in [0.717, 1.165) is 12.2 Å². The lowest BCUT2D eigenvalue weighted by atomic mass is 9.99. The lowest BCUT2D eigenvalue weighted by Crippen LogP contribution is -2.46. The monoisotopic (exact) mass is 498 g/mol. The first-order chi connectivity index (χ1) is 15.3. The first-order valence-electron chi connectivity index (χ1n) is 10.7. The predicted molar refractivity (Wildman–Crippen MR) is 128 cm³/mol. The number of hydrogen-bond acceptors (Lipinski definition) is 4. The molecule has 6 nitrogen and oxygen atoms in total. The lowest BCUT2D eigenvalue weighted by Gasteiger charge is -2.31. The Morgan fingerprint density at radius 2 is 1.94 bits per heavy atom. The molecule has 0 bridgehead atoms. The number of halogens is 2. The molecule has 1 aliphatic rings. The standard InChI is InChI=1S/C23H28Cl2N2O4S/c1-2-17-5-9-21(10-6-17)31-13-11-26-23(28)18-4-3-12-27(15-18)32(29,30)16-19-7-8-20(24)14-22(19)25/h5-10,14,18H,2-4,11-13,15-16H2,1H3,(H,26,28)/t18-/m1/s1. The van der Waals surface area contributed by atoms with E-state index in [-0.39, 0.29) is 24.1 Å². The molecule has 1 heterocycles. The Labute approximate surface area is 199 Å². The van der Waals surface area contributed by atoms with Gasteiger partial charge in [0.2, 0.25) is 15.9 Å². The van der Waals surface area contributed by atoms with Gasteiger partial charge in [-0.1, -0.05) is 48.3 Å². The average Bonchev–Trinajstić information content (AvgIpc) is 2.79. The minimum Gasteiger partial charge on any atom is -0.492 e. The maximum Gasteiger partial charge on any atom is 0.224 e. The minimum absolute atomic E-state index is 0.153. The highest BCUT2D eigenvalue weighted by molar-refractivity contribution is 7.88. The maximum atomic E-state index is 12.9. The van der Waals surface area contributed by atoms with Crippen molar-refractivity contribution in [1.29, 1.82) is 0 Å². The Kier molecular flexibility index (Phi) is 8.82. The number of carbonyl (C=O) groups is 1. The molecular weight excluding hydrogens is 471 g/mol. The van der Waals surface area contributed by atoms with Crippen molar-refractivity contribution in [2.24, 2.45) is 5.92 Å². The molecule has 32 heavy (non-hydrogen) atoms. The summed E-state index contributed by atoms with van der Waals surface area (Å²) in [4.78, 5) is 12.6. The van der Waals surface area contributed by atoms with Crippen LogP contribution in [0.15, 0.2) is 42.5 Å². The third-order valence-corrected chi connectivity index (χ3v) is 7.88. The molecule has 1 saturated heterocycles. The van der Waals surface area contributed by atoms with Gasteiger partial charge in [0.15, 0.2) is 0 Å². The number of carbonyl (C=O) groups excluding carboxylic acids is 1. The zero-order chi connectivity index (χ0) is 23.1. The highest BCUT2D eigenvalue weighted by Crippen LogP contribution is 2.26. The molecule has 0 aromatic heterocycles. The van der Waals surface area contributed by atoms with Crippen molar-refractivity contribution in [2.45, 2.75) is 31.9 Å². The van der Waals surface area contributed by atoms with E-state index in [2.05, 4.69) is 12.2 Å². The second-order valence-corrected chi connectivity index (χ2v) is 10.6. The molecule has 2 aromatic rings. The quantitative estimate of drug-likeness (QED) is 0.523. The Morgan fingerprint density at radius 3 is 2.62 bits per heavy atom. The van der Waals surface area contributed by atoms with Crippen molar-refractivity contribution < 1.29 is 17.9 Å². The highest BCUT2D eigenvalue weighted by Gasteiger charge is 2.32. The van der Waals surface area contributed by atoms with E-state index in [1.807, 2.05) is 24.3 Å². The molecule has 1 atom stereocenters. The molecule has 0 spiro atoms. The fourth-order valence-corrected chi connectivity index (χ4v) is 5.84. The van der Waals surface area contributed by atoms with E-state index in [1.165, 1.54) is 15.9 Å². The number of ether oxygens (including phenoxy) is 1. The molecule has 174 valence electrons. The van der Waals surface area contributed by atoms with Crippen molar-refractivity contribution in [1.82, 2.24) is 9.62 Å². The van der Waals surface area contributed by atoms with Crippen molar-refractivity contribution in [2.75, 3.05) is 26.2 Å². The molecule has 1 N–H and O–H groups in total. The summed E-state index contributed by atoms with van der Waals surface area (Å²) < 4.78 is 32.9. The van der Waals surface area contributed by atoms with E-state index in [1.54, 1.807) is 12.1 Å². The molecule has 3 rings (SSSR count). The summed E-state index contributed by atoms with van der Waals surface area (Å²) in [5.74, 6) is -0.00296. The van der Waals surface area contributed by atoms with Gasteiger partial charge in [-0.05, 0) is 54.7 Å². The normalized spacial score (nSPS) is 17.2. The molecule has 0 saturated carbocycles.